The van der Waals surface area contributed by atoms with E-state index >= 15 is 0 Å². The van der Waals surface area contributed by atoms with E-state index in [-0.39, 0.29) is 6.03 Å². The maximum absolute atomic E-state index is 13.1. The number of piperidine rings is 1. The summed E-state index contributed by atoms with van der Waals surface area (Å²) in [5, 5.41) is 8.83. The third-order valence-electron chi connectivity index (χ3n) is 5.48. The number of urea groups is 1. The first kappa shape index (κ1) is 22.3. The van der Waals surface area contributed by atoms with Gasteiger partial charge in [-0.1, -0.05) is 18.2 Å². The predicted molar refractivity (Wildman–Crippen MR) is 130 cm³/mol. The molecule has 4 rings (SSSR count). The van der Waals surface area contributed by atoms with Crippen molar-refractivity contribution in [3.8, 4) is 0 Å². The van der Waals surface area contributed by atoms with Gasteiger partial charge in [0.15, 0.2) is 0 Å². The van der Waals surface area contributed by atoms with E-state index in [2.05, 4.69) is 16.0 Å². The molecule has 32 heavy (non-hydrogen) atoms. The molecule has 1 aliphatic heterocycles. The van der Waals surface area contributed by atoms with Crippen LogP contribution < -0.4 is 20.3 Å². The van der Waals surface area contributed by atoms with Crippen molar-refractivity contribution in [2.75, 3.05) is 35.1 Å². The number of para-hydroxylation sites is 1. The van der Waals surface area contributed by atoms with Gasteiger partial charge in [0.05, 0.1) is 5.69 Å². The second kappa shape index (κ2) is 9.72. The lowest BCUT2D eigenvalue weighted by atomic mass is 9.97. The van der Waals surface area contributed by atoms with Crippen molar-refractivity contribution < 1.29 is 13.2 Å². The summed E-state index contributed by atoms with van der Waals surface area (Å²) in [5.74, 6) is 0.419. The zero-order valence-corrected chi connectivity index (χ0v) is 19.4. The van der Waals surface area contributed by atoms with E-state index in [0.29, 0.717) is 27.2 Å². The van der Waals surface area contributed by atoms with E-state index in [9.17, 15) is 13.2 Å². The number of anilines is 3. The first-order valence-corrected chi connectivity index (χ1v) is 12.7. The van der Waals surface area contributed by atoms with Gasteiger partial charge in [-0.15, -0.1) is 11.3 Å². The molecule has 0 radical (unpaired) electrons. The van der Waals surface area contributed by atoms with Crippen molar-refractivity contribution in [3.05, 3.63) is 71.6 Å². The number of carbonyl (C=O) groups is 1. The van der Waals surface area contributed by atoms with Crippen LogP contribution in [0.4, 0.5) is 21.9 Å². The predicted octanol–water partition coefficient (Wildman–Crippen LogP) is 4.68. The molecule has 0 atom stereocenters. The van der Waals surface area contributed by atoms with Crippen LogP contribution >= 0.6 is 11.3 Å². The number of nitrogens with zero attached hydrogens (tertiary/aromatic N) is 1. The highest BCUT2D eigenvalue weighted by Gasteiger charge is 2.25. The van der Waals surface area contributed by atoms with Gasteiger partial charge in [0.2, 0.25) is 0 Å². The van der Waals surface area contributed by atoms with Crippen LogP contribution in [0.15, 0.2) is 70.9 Å². The Morgan fingerprint density at radius 3 is 2.22 bits per heavy atom. The van der Waals surface area contributed by atoms with E-state index in [1.54, 1.807) is 49.5 Å². The second-order valence-corrected chi connectivity index (χ2v) is 11.0. The minimum Gasteiger partial charge on any atom is -0.317 e. The molecule has 1 fully saturated rings. The van der Waals surface area contributed by atoms with Gasteiger partial charge >= 0.3 is 6.03 Å². The molecule has 1 saturated heterocycles. The average molecular weight is 471 g/mol. The van der Waals surface area contributed by atoms with E-state index in [0.717, 1.165) is 30.8 Å². The molecule has 0 bridgehead atoms. The number of amides is 2. The number of nitrogens with one attached hydrogen (secondary N) is 3. The monoisotopic (exact) mass is 470 g/mol. The Morgan fingerprint density at radius 2 is 1.56 bits per heavy atom. The van der Waals surface area contributed by atoms with Crippen LogP contribution in [0.5, 0.6) is 0 Å². The summed E-state index contributed by atoms with van der Waals surface area (Å²) < 4.78 is 27.9. The van der Waals surface area contributed by atoms with Gasteiger partial charge in [-0.3, -0.25) is 4.31 Å². The average Bonchev–Trinajstić information content (AvgIpc) is 3.32. The van der Waals surface area contributed by atoms with E-state index in [1.807, 2.05) is 24.3 Å². The molecule has 1 aromatic heterocycles. The van der Waals surface area contributed by atoms with Crippen molar-refractivity contribution in [2.45, 2.75) is 23.0 Å². The molecule has 168 valence electrons. The summed E-state index contributed by atoms with van der Waals surface area (Å²) in [5.41, 5.74) is 1.78. The van der Waals surface area contributed by atoms with Crippen LogP contribution in [0, 0.1) is 0 Å². The smallest absolute Gasteiger partial charge is 0.317 e. The molecule has 0 spiro atoms. The van der Waals surface area contributed by atoms with Gasteiger partial charge in [-0.2, -0.15) is 0 Å². The molecular formula is C23H26N4O3S2. The Balaban J connectivity index is 1.42. The Bertz CT molecular complexity index is 1160. The summed E-state index contributed by atoms with van der Waals surface area (Å²) in [7, 11) is -2.10. The molecule has 0 aliphatic carbocycles. The molecule has 0 saturated carbocycles. The SMILES string of the molecule is CN(c1ccc(NC(=O)Nc2ccccc2)cc1)S(=O)(=O)c1ccc(C2CCNCC2)s1. The topological polar surface area (TPSA) is 90.5 Å². The lowest BCUT2D eigenvalue weighted by Gasteiger charge is -2.21. The van der Waals surface area contributed by atoms with Crippen LogP contribution in [0.3, 0.4) is 0 Å². The van der Waals surface area contributed by atoms with Crippen LogP contribution in [0.25, 0.3) is 0 Å². The third-order valence-corrected chi connectivity index (χ3v) is 8.98. The fourth-order valence-electron chi connectivity index (χ4n) is 3.64. The molecule has 2 aromatic carbocycles. The highest BCUT2D eigenvalue weighted by molar-refractivity contribution is 7.94. The van der Waals surface area contributed by atoms with Crippen LogP contribution in [-0.4, -0.2) is 34.6 Å². The minimum atomic E-state index is -3.65. The Morgan fingerprint density at radius 1 is 0.938 bits per heavy atom. The highest BCUT2D eigenvalue weighted by Crippen LogP contribution is 2.35. The van der Waals surface area contributed by atoms with Gasteiger partial charge in [0.25, 0.3) is 10.0 Å². The van der Waals surface area contributed by atoms with Gasteiger partial charge in [0, 0.05) is 23.3 Å². The zero-order chi connectivity index (χ0) is 22.6. The molecule has 3 aromatic rings. The second-order valence-electron chi connectivity index (χ2n) is 7.65. The molecule has 3 N–H and O–H groups in total. The maximum Gasteiger partial charge on any atom is 0.323 e. The molecule has 2 amide bonds. The van der Waals surface area contributed by atoms with Crippen LogP contribution in [0.1, 0.15) is 23.6 Å². The van der Waals surface area contributed by atoms with Crippen molar-refractivity contribution >= 4 is 44.5 Å². The number of benzene rings is 2. The fourth-order valence-corrected chi connectivity index (χ4v) is 6.50. The molecule has 0 unspecified atom stereocenters. The summed E-state index contributed by atoms with van der Waals surface area (Å²) >= 11 is 1.36. The summed E-state index contributed by atoms with van der Waals surface area (Å²) in [6.07, 6.45) is 2.06. The standard InChI is InChI=1S/C23H26N4O3S2/c1-27(32(29,30)22-12-11-21(31-22)17-13-15-24-16-14-17)20-9-7-19(8-10-20)26-23(28)25-18-5-3-2-4-6-18/h2-12,17,24H,13-16H2,1H3,(H2,25,26,28). The van der Waals surface area contributed by atoms with Crippen molar-refractivity contribution in [2.24, 2.45) is 0 Å². The zero-order valence-electron chi connectivity index (χ0n) is 17.7. The summed E-state index contributed by atoms with van der Waals surface area (Å²) in [6.45, 7) is 1.93. The Labute approximate surface area is 192 Å². The number of thiophene rings is 1. The van der Waals surface area contributed by atoms with Gasteiger partial charge in [-0.05, 0) is 80.4 Å². The summed E-state index contributed by atoms with van der Waals surface area (Å²) in [6, 6.07) is 19.1. The van der Waals surface area contributed by atoms with E-state index in [4.69, 9.17) is 0 Å². The maximum atomic E-state index is 13.1. The largest absolute Gasteiger partial charge is 0.323 e. The molecular weight excluding hydrogens is 444 g/mol. The van der Waals surface area contributed by atoms with E-state index < -0.39 is 10.0 Å². The quantitative estimate of drug-likeness (QED) is 0.488. The van der Waals surface area contributed by atoms with Gasteiger partial charge in [0.1, 0.15) is 4.21 Å². The van der Waals surface area contributed by atoms with Crippen molar-refractivity contribution in [1.29, 1.82) is 0 Å². The number of rotatable bonds is 6. The van der Waals surface area contributed by atoms with E-state index in [1.165, 1.54) is 15.6 Å². The molecule has 1 aliphatic rings. The number of hydrogen-bond acceptors (Lipinski definition) is 5. The minimum absolute atomic E-state index is 0.345. The van der Waals surface area contributed by atoms with Crippen LogP contribution in [-0.2, 0) is 10.0 Å². The number of carbonyl (C=O) groups excluding carboxylic acids is 1. The lowest BCUT2D eigenvalue weighted by Crippen LogP contribution is -2.26. The first-order chi connectivity index (χ1) is 15.4. The van der Waals surface area contributed by atoms with Gasteiger partial charge in [-0.25, -0.2) is 13.2 Å². The normalized spacial score (nSPS) is 14.7. The molecule has 7 nitrogen and oxygen atoms in total. The summed E-state index contributed by atoms with van der Waals surface area (Å²) in [4.78, 5) is 13.3. The van der Waals surface area contributed by atoms with Gasteiger partial charge < -0.3 is 16.0 Å². The van der Waals surface area contributed by atoms with Crippen molar-refractivity contribution in [1.82, 2.24) is 5.32 Å². The van der Waals surface area contributed by atoms with Crippen molar-refractivity contribution in [3.63, 3.8) is 0 Å². The Hall–Kier alpha value is -2.88. The first-order valence-electron chi connectivity index (χ1n) is 10.5. The fraction of sp³-hybridized carbons (Fsp3) is 0.261. The third kappa shape index (κ3) is 5.12. The lowest BCUT2D eigenvalue weighted by molar-refractivity contribution is 0.262. The Kier molecular flexibility index (Phi) is 6.78. The highest BCUT2D eigenvalue weighted by atomic mass is 32.2. The number of sulfonamides is 1. The number of hydrogen-bond donors (Lipinski definition) is 3. The molecule has 2 heterocycles. The molecule has 9 heteroatoms. The van der Waals surface area contributed by atoms with Crippen LogP contribution in [0.2, 0.25) is 0 Å².